The van der Waals surface area contributed by atoms with Crippen molar-refractivity contribution >= 4 is 23.7 Å². The summed E-state index contributed by atoms with van der Waals surface area (Å²) in [6, 6.07) is 13.4. The van der Waals surface area contributed by atoms with Gasteiger partial charge >= 0.3 is 0 Å². The number of carbonyl (C=O) groups is 1. The van der Waals surface area contributed by atoms with Gasteiger partial charge in [-0.3, -0.25) is 10.2 Å². The Morgan fingerprint density at radius 2 is 1.97 bits per heavy atom. The van der Waals surface area contributed by atoms with E-state index in [1.807, 2.05) is 31.2 Å². The van der Waals surface area contributed by atoms with Crippen molar-refractivity contribution in [1.82, 2.24) is 5.06 Å². The first kappa shape index (κ1) is 19.4. The van der Waals surface area contributed by atoms with Gasteiger partial charge in [-0.1, -0.05) is 30.3 Å². The summed E-state index contributed by atoms with van der Waals surface area (Å²) >= 11 is 0. The van der Waals surface area contributed by atoms with Crippen LogP contribution in [0.1, 0.15) is 23.6 Å². The van der Waals surface area contributed by atoms with Gasteiger partial charge in [-0.2, -0.15) is 4.99 Å². The minimum absolute atomic E-state index is 0.0584. The quantitative estimate of drug-likeness (QED) is 0.762. The maximum Gasteiger partial charge on any atom is 0.282 e. The molecule has 2 heterocycles. The molecule has 7 heteroatoms. The van der Waals surface area contributed by atoms with E-state index in [0.717, 1.165) is 11.1 Å². The molecule has 2 aliphatic rings. The number of nitrogens with one attached hydrogen (secondary N) is 1. The highest BCUT2D eigenvalue weighted by atomic mass is 16.7. The van der Waals surface area contributed by atoms with Gasteiger partial charge in [0.1, 0.15) is 12.4 Å². The molecule has 4 rings (SSSR count). The lowest BCUT2D eigenvalue weighted by atomic mass is 10.1. The fourth-order valence-corrected chi connectivity index (χ4v) is 3.19. The number of aryl methyl sites for hydroxylation is 1. The van der Waals surface area contributed by atoms with Crippen LogP contribution in [-0.2, 0) is 16.2 Å². The lowest BCUT2D eigenvalue weighted by Crippen LogP contribution is -2.38. The molecular formula is C23H21N3O4. The van der Waals surface area contributed by atoms with Crippen molar-refractivity contribution in [2.45, 2.75) is 20.5 Å². The van der Waals surface area contributed by atoms with Crippen molar-refractivity contribution in [1.29, 1.82) is 5.41 Å². The molecule has 0 bridgehead atoms. The number of benzene rings is 2. The van der Waals surface area contributed by atoms with E-state index >= 15 is 0 Å². The van der Waals surface area contributed by atoms with E-state index in [1.165, 1.54) is 5.06 Å². The normalized spacial score (nSPS) is 16.8. The molecule has 0 atom stereocenters. The summed E-state index contributed by atoms with van der Waals surface area (Å²) < 4.78 is 11.4. The summed E-state index contributed by atoms with van der Waals surface area (Å²) in [6.45, 7) is 4.20. The lowest BCUT2D eigenvalue weighted by molar-refractivity contribution is -0.114. The zero-order chi connectivity index (χ0) is 21.3. The van der Waals surface area contributed by atoms with Crippen molar-refractivity contribution in [3.8, 4) is 11.5 Å². The van der Waals surface area contributed by atoms with Crippen LogP contribution in [0.15, 0.2) is 64.9 Å². The van der Waals surface area contributed by atoms with Gasteiger partial charge in [0.15, 0.2) is 23.2 Å². The van der Waals surface area contributed by atoms with E-state index in [2.05, 4.69) is 4.99 Å². The third-order valence-electron chi connectivity index (χ3n) is 4.82. The van der Waals surface area contributed by atoms with Crippen LogP contribution < -0.4 is 9.47 Å². The molecule has 2 aliphatic heterocycles. The zero-order valence-electron chi connectivity index (χ0n) is 16.9. The molecule has 152 valence electrons. The third-order valence-corrected chi connectivity index (χ3v) is 4.82. The van der Waals surface area contributed by atoms with Gasteiger partial charge in [-0.15, -0.1) is 5.06 Å². The topological polar surface area (TPSA) is 84.2 Å². The highest BCUT2D eigenvalue weighted by Crippen LogP contribution is 2.31. The molecule has 2 aromatic carbocycles. The predicted molar refractivity (Wildman–Crippen MR) is 113 cm³/mol. The molecule has 0 fully saturated rings. The van der Waals surface area contributed by atoms with E-state index in [4.69, 9.17) is 19.7 Å². The first-order valence-electron chi connectivity index (χ1n) is 9.41. The summed E-state index contributed by atoms with van der Waals surface area (Å²) in [4.78, 5) is 21.8. The molecule has 1 N–H and O–H groups in total. The number of allylic oxidation sites excluding steroid dienone is 1. The SMILES string of the molecule is COc1cc(/C=C2/C(=N)N3OC(C)=CC3=NC2=O)ccc1OCc1ccccc1C. The van der Waals surface area contributed by atoms with Crippen LogP contribution in [0.25, 0.3) is 6.08 Å². The Morgan fingerprint density at radius 1 is 1.17 bits per heavy atom. The fourth-order valence-electron chi connectivity index (χ4n) is 3.19. The second-order valence-electron chi connectivity index (χ2n) is 6.95. The Balaban J connectivity index is 1.57. The number of hydrogen-bond acceptors (Lipinski definition) is 5. The number of hydrogen-bond donors (Lipinski definition) is 1. The van der Waals surface area contributed by atoms with Crippen LogP contribution in [0, 0.1) is 12.3 Å². The molecule has 7 nitrogen and oxygen atoms in total. The van der Waals surface area contributed by atoms with Crippen molar-refractivity contribution in [3.05, 3.63) is 76.6 Å². The van der Waals surface area contributed by atoms with E-state index in [1.54, 1.807) is 44.4 Å². The van der Waals surface area contributed by atoms with Crippen LogP contribution in [0.2, 0.25) is 0 Å². The first-order valence-corrected chi connectivity index (χ1v) is 9.41. The van der Waals surface area contributed by atoms with Gasteiger partial charge in [0, 0.05) is 6.08 Å². The predicted octanol–water partition coefficient (Wildman–Crippen LogP) is 4.03. The van der Waals surface area contributed by atoms with Crippen LogP contribution in [0.5, 0.6) is 11.5 Å². The van der Waals surface area contributed by atoms with Crippen LogP contribution in [-0.4, -0.2) is 29.8 Å². The van der Waals surface area contributed by atoms with E-state index < -0.39 is 5.91 Å². The number of amidine groups is 2. The van der Waals surface area contributed by atoms with Crippen molar-refractivity contribution < 1.29 is 19.1 Å². The van der Waals surface area contributed by atoms with Crippen LogP contribution in [0.3, 0.4) is 0 Å². The number of carbonyl (C=O) groups excluding carboxylic acids is 1. The maximum atomic E-state index is 12.4. The van der Waals surface area contributed by atoms with Crippen LogP contribution >= 0.6 is 0 Å². The number of ether oxygens (including phenoxy) is 2. The molecule has 30 heavy (non-hydrogen) atoms. The molecule has 0 unspecified atom stereocenters. The highest BCUT2D eigenvalue weighted by molar-refractivity contribution is 6.32. The van der Waals surface area contributed by atoms with Gasteiger partial charge in [0.25, 0.3) is 5.91 Å². The Kier molecular flexibility index (Phi) is 5.10. The summed E-state index contributed by atoms with van der Waals surface area (Å²) in [5.74, 6) is 1.47. The number of hydroxylamine groups is 2. The summed E-state index contributed by atoms with van der Waals surface area (Å²) in [5.41, 5.74) is 3.07. The molecule has 1 amide bonds. The molecule has 0 saturated heterocycles. The minimum atomic E-state index is -0.486. The number of nitrogens with zero attached hydrogens (tertiary/aromatic N) is 2. The fraction of sp³-hybridized carbons (Fsp3) is 0.174. The third kappa shape index (κ3) is 3.69. The molecule has 0 saturated carbocycles. The molecule has 0 radical (unpaired) electrons. The average Bonchev–Trinajstić information content (AvgIpc) is 3.11. The maximum absolute atomic E-state index is 12.4. The Hall–Kier alpha value is -3.87. The van der Waals surface area contributed by atoms with E-state index in [-0.39, 0.29) is 11.4 Å². The minimum Gasteiger partial charge on any atom is -0.493 e. The number of amides is 1. The van der Waals surface area contributed by atoms with Crippen molar-refractivity contribution in [3.63, 3.8) is 0 Å². The number of rotatable bonds is 5. The molecule has 0 aliphatic carbocycles. The number of aliphatic imine (C=N–C) groups is 1. The molecule has 0 spiro atoms. The Bertz CT molecular complexity index is 1130. The van der Waals surface area contributed by atoms with Gasteiger partial charge < -0.3 is 14.3 Å². The second-order valence-corrected chi connectivity index (χ2v) is 6.95. The molecule has 2 aromatic rings. The summed E-state index contributed by atoms with van der Waals surface area (Å²) in [5, 5.41) is 9.54. The Labute approximate surface area is 174 Å². The lowest BCUT2D eigenvalue weighted by Gasteiger charge is -2.23. The van der Waals surface area contributed by atoms with Crippen molar-refractivity contribution in [2.75, 3.05) is 7.11 Å². The second kappa shape index (κ2) is 7.87. The van der Waals surface area contributed by atoms with Gasteiger partial charge in [0.05, 0.1) is 12.7 Å². The van der Waals surface area contributed by atoms with Crippen molar-refractivity contribution in [2.24, 2.45) is 4.99 Å². The van der Waals surface area contributed by atoms with Gasteiger partial charge in [-0.25, -0.2) is 0 Å². The smallest absolute Gasteiger partial charge is 0.282 e. The summed E-state index contributed by atoms with van der Waals surface area (Å²) in [6.07, 6.45) is 3.21. The standard InChI is InChI=1S/C23H21N3O4/c1-14-6-4-5-7-17(14)13-29-19-9-8-16(12-20(19)28-3)11-18-22(24)26-21(25-23(18)27)10-15(2)30-26/h4-12,24H,13H2,1-3H3/b18-11-,24-22?. The average molecular weight is 403 g/mol. The molecular weight excluding hydrogens is 382 g/mol. The number of methoxy groups -OCH3 is 1. The highest BCUT2D eigenvalue weighted by Gasteiger charge is 2.34. The van der Waals surface area contributed by atoms with E-state index in [9.17, 15) is 4.79 Å². The van der Waals surface area contributed by atoms with Gasteiger partial charge in [0.2, 0.25) is 0 Å². The zero-order valence-corrected chi connectivity index (χ0v) is 16.9. The van der Waals surface area contributed by atoms with E-state index in [0.29, 0.717) is 35.3 Å². The monoisotopic (exact) mass is 403 g/mol. The Morgan fingerprint density at radius 3 is 2.73 bits per heavy atom. The first-order chi connectivity index (χ1) is 14.5. The van der Waals surface area contributed by atoms with Gasteiger partial charge in [-0.05, 0) is 48.7 Å². The van der Waals surface area contributed by atoms with Crippen LogP contribution in [0.4, 0.5) is 0 Å². The summed E-state index contributed by atoms with van der Waals surface area (Å²) in [7, 11) is 1.56. The largest absolute Gasteiger partial charge is 0.493 e. The molecule has 0 aromatic heterocycles. The number of fused-ring (bicyclic) bond motifs is 1.